The predicted molar refractivity (Wildman–Crippen MR) is 78.3 cm³/mol. The second-order valence-electron chi connectivity index (χ2n) is 5.45. The zero-order valence-electron chi connectivity index (χ0n) is 12.1. The van der Waals surface area contributed by atoms with Crippen LogP contribution in [0.5, 0.6) is 5.88 Å². The van der Waals surface area contributed by atoms with Crippen LogP contribution in [-0.2, 0) is 13.0 Å². The third-order valence-electron chi connectivity index (χ3n) is 3.24. The van der Waals surface area contributed by atoms with E-state index in [-0.39, 0.29) is 0 Å². The first kappa shape index (κ1) is 13.7. The van der Waals surface area contributed by atoms with Crippen LogP contribution in [0.25, 0.3) is 11.3 Å². The van der Waals surface area contributed by atoms with E-state index in [1.54, 1.807) is 4.68 Å². The molecule has 0 unspecified atom stereocenters. The van der Waals surface area contributed by atoms with Gasteiger partial charge in [-0.15, -0.1) is 0 Å². The van der Waals surface area contributed by atoms with Crippen LogP contribution in [-0.4, -0.2) is 14.9 Å². The average Bonchev–Trinajstić information content (AvgIpc) is 2.66. The number of aryl methyl sites for hydroxylation is 1. The molecule has 102 valence electrons. The molecule has 0 aliphatic heterocycles. The third kappa shape index (κ3) is 2.80. The number of rotatable bonds is 4. The van der Waals surface area contributed by atoms with Gasteiger partial charge in [0, 0.05) is 17.7 Å². The van der Waals surface area contributed by atoms with Crippen LogP contribution in [0.4, 0.5) is 0 Å². The number of benzene rings is 1. The zero-order valence-corrected chi connectivity index (χ0v) is 12.1. The van der Waals surface area contributed by atoms with Crippen molar-refractivity contribution in [1.29, 1.82) is 0 Å². The molecule has 0 spiro atoms. The van der Waals surface area contributed by atoms with Gasteiger partial charge in [-0.1, -0.05) is 50.6 Å². The summed E-state index contributed by atoms with van der Waals surface area (Å²) < 4.78 is 1.72. The van der Waals surface area contributed by atoms with Crippen LogP contribution >= 0.6 is 0 Å². The molecule has 0 bridgehead atoms. The maximum absolute atomic E-state index is 10.3. The first-order valence-corrected chi connectivity index (χ1v) is 6.88. The van der Waals surface area contributed by atoms with Gasteiger partial charge in [0.25, 0.3) is 0 Å². The molecule has 0 amide bonds. The summed E-state index contributed by atoms with van der Waals surface area (Å²) >= 11 is 0. The fourth-order valence-electron chi connectivity index (χ4n) is 2.23. The highest BCUT2D eigenvalue weighted by molar-refractivity contribution is 5.65. The molecular weight excluding hydrogens is 236 g/mol. The molecule has 1 aromatic carbocycles. The van der Waals surface area contributed by atoms with Crippen LogP contribution in [0.2, 0.25) is 0 Å². The highest BCUT2D eigenvalue weighted by Gasteiger charge is 2.17. The maximum Gasteiger partial charge on any atom is 0.213 e. The SMILES string of the molecule is CCc1c(-c2ccc(C)cc2)nn(CC(C)C)c1O. The summed E-state index contributed by atoms with van der Waals surface area (Å²) in [5.74, 6) is 0.771. The molecule has 19 heavy (non-hydrogen) atoms. The molecule has 0 fully saturated rings. The second kappa shape index (κ2) is 5.47. The lowest BCUT2D eigenvalue weighted by molar-refractivity contribution is 0.369. The quantitative estimate of drug-likeness (QED) is 0.906. The summed E-state index contributed by atoms with van der Waals surface area (Å²) in [4.78, 5) is 0. The summed E-state index contributed by atoms with van der Waals surface area (Å²) in [6.07, 6.45) is 0.785. The van der Waals surface area contributed by atoms with E-state index in [9.17, 15) is 5.11 Å². The van der Waals surface area contributed by atoms with Gasteiger partial charge in [-0.05, 0) is 19.3 Å². The Kier molecular flexibility index (Phi) is 3.93. The van der Waals surface area contributed by atoms with E-state index in [1.807, 2.05) is 6.92 Å². The molecule has 2 aromatic rings. The average molecular weight is 258 g/mol. The summed E-state index contributed by atoms with van der Waals surface area (Å²) in [6.45, 7) is 9.11. The summed E-state index contributed by atoms with van der Waals surface area (Å²) in [6, 6.07) is 8.28. The van der Waals surface area contributed by atoms with E-state index in [0.717, 1.165) is 29.8 Å². The molecule has 0 atom stereocenters. The van der Waals surface area contributed by atoms with Crippen molar-refractivity contribution in [1.82, 2.24) is 9.78 Å². The van der Waals surface area contributed by atoms with E-state index in [4.69, 9.17) is 0 Å². The van der Waals surface area contributed by atoms with E-state index >= 15 is 0 Å². The van der Waals surface area contributed by atoms with Crippen molar-refractivity contribution in [3.63, 3.8) is 0 Å². The van der Waals surface area contributed by atoms with Crippen LogP contribution < -0.4 is 0 Å². The lowest BCUT2D eigenvalue weighted by Crippen LogP contribution is -2.05. The van der Waals surface area contributed by atoms with E-state index in [1.165, 1.54) is 5.56 Å². The molecule has 0 saturated carbocycles. The molecule has 2 rings (SSSR count). The predicted octanol–water partition coefficient (Wildman–Crippen LogP) is 3.78. The van der Waals surface area contributed by atoms with Gasteiger partial charge in [-0.3, -0.25) is 0 Å². The minimum Gasteiger partial charge on any atom is -0.493 e. The van der Waals surface area contributed by atoms with Gasteiger partial charge in [-0.2, -0.15) is 5.10 Å². The largest absolute Gasteiger partial charge is 0.493 e. The van der Waals surface area contributed by atoms with E-state index in [0.29, 0.717) is 11.8 Å². The number of nitrogens with zero attached hydrogens (tertiary/aromatic N) is 2. The molecule has 1 N–H and O–H groups in total. The highest BCUT2D eigenvalue weighted by atomic mass is 16.3. The lowest BCUT2D eigenvalue weighted by Gasteiger charge is -2.05. The van der Waals surface area contributed by atoms with Crippen molar-refractivity contribution in [2.45, 2.75) is 40.7 Å². The summed E-state index contributed by atoms with van der Waals surface area (Å²) in [5.41, 5.74) is 4.14. The van der Waals surface area contributed by atoms with Gasteiger partial charge in [0.2, 0.25) is 5.88 Å². The standard InChI is InChI=1S/C16H22N2O/c1-5-14-15(13-8-6-12(4)7-9-13)17-18(16(14)19)10-11(2)3/h6-9,11,19H,5,10H2,1-4H3. The van der Waals surface area contributed by atoms with Gasteiger partial charge in [-0.25, -0.2) is 4.68 Å². The van der Waals surface area contributed by atoms with Gasteiger partial charge < -0.3 is 5.11 Å². The number of aromatic hydroxyl groups is 1. The monoisotopic (exact) mass is 258 g/mol. The Labute approximate surface area is 114 Å². The van der Waals surface area contributed by atoms with Crippen molar-refractivity contribution >= 4 is 0 Å². The molecular formula is C16H22N2O. The number of hydrogen-bond acceptors (Lipinski definition) is 2. The molecule has 0 aliphatic rings. The summed E-state index contributed by atoms with van der Waals surface area (Å²) in [7, 11) is 0. The third-order valence-corrected chi connectivity index (χ3v) is 3.24. The Hall–Kier alpha value is -1.77. The van der Waals surface area contributed by atoms with Crippen LogP contribution in [0.15, 0.2) is 24.3 Å². The molecule has 0 aliphatic carbocycles. The van der Waals surface area contributed by atoms with Crippen LogP contribution in [0, 0.1) is 12.8 Å². The normalized spacial score (nSPS) is 11.2. The van der Waals surface area contributed by atoms with E-state index in [2.05, 4.69) is 50.1 Å². The lowest BCUT2D eigenvalue weighted by atomic mass is 10.0. The van der Waals surface area contributed by atoms with Crippen molar-refractivity contribution in [2.24, 2.45) is 5.92 Å². The van der Waals surface area contributed by atoms with Gasteiger partial charge in [0.1, 0.15) is 0 Å². The van der Waals surface area contributed by atoms with Crippen molar-refractivity contribution < 1.29 is 5.11 Å². The molecule has 1 aromatic heterocycles. The van der Waals surface area contributed by atoms with Gasteiger partial charge in [0.05, 0.1) is 5.69 Å². The zero-order chi connectivity index (χ0) is 14.0. The van der Waals surface area contributed by atoms with E-state index < -0.39 is 0 Å². The summed E-state index contributed by atoms with van der Waals surface area (Å²) in [5, 5.41) is 14.9. The molecule has 3 heteroatoms. The fourth-order valence-corrected chi connectivity index (χ4v) is 2.23. The van der Waals surface area contributed by atoms with Gasteiger partial charge >= 0.3 is 0 Å². The Bertz CT molecular complexity index is 553. The van der Waals surface area contributed by atoms with Crippen molar-refractivity contribution in [2.75, 3.05) is 0 Å². The molecule has 0 radical (unpaired) electrons. The number of hydrogen-bond donors (Lipinski definition) is 1. The Morgan fingerprint density at radius 3 is 2.37 bits per heavy atom. The Morgan fingerprint density at radius 1 is 1.21 bits per heavy atom. The highest BCUT2D eigenvalue weighted by Crippen LogP contribution is 2.30. The first-order valence-electron chi connectivity index (χ1n) is 6.88. The Morgan fingerprint density at radius 2 is 1.84 bits per heavy atom. The minimum atomic E-state index is 0.312. The second-order valence-corrected chi connectivity index (χ2v) is 5.45. The minimum absolute atomic E-state index is 0.312. The van der Waals surface area contributed by atoms with Crippen molar-refractivity contribution in [3.05, 3.63) is 35.4 Å². The van der Waals surface area contributed by atoms with Crippen LogP contribution in [0.1, 0.15) is 31.9 Å². The molecule has 1 heterocycles. The molecule has 3 nitrogen and oxygen atoms in total. The number of aromatic nitrogens is 2. The Balaban J connectivity index is 2.47. The van der Waals surface area contributed by atoms with Crippen molar-refractivity contribution in [3.8, 4) is 17.1 Å². The molecule has 0 saturated heterocycles. The first-order chi connectivity index (χ1) is 9.02. The van der Waals surface area contributed by atoms with Crippen LogP contribution in [0.3, 0.4) is 0 Å². The maximum atomic E-state index is 10.3. The fraction of sp³-hybridized carbons (Fsp3) is 0.438. The van der Waals surface area contributed by atoms with Gasteiger partial charge in [0.15, 0.2) is 0 Å². The smallest absolute Gasteiger partial charge is 0.213 e. The topological polar surface area (TPSA) is 38.0 Å².